The summed E-state index contributed by atoms with van der Waals surface area (Å²) >= 11 is 5.99. The van der Waals surface area contributed by atoms with Crippen LogP contribution < -0.4 is 5.32 Å². The quantitative estimate of drug-likeness (QED) is 0.654. The van der Waals surface area contributed by atoms with Crippen molar-refractivity contribution in [3.8, 4) is 0 Å². The maximum Gasteiger partial charge on any atom is 0.150 e. The number of nitrogens with one attached hydrogen (secondary N) is 1. The summed E-state index contributed by atoms with van der Waals surface area (Å²) in [5.74, 6) is 0.393. The molecule has 84 valence electrons. The van der Waals surface area contributed by atoms with Crippen LogP contribution in [-0.4, -0.2) is 33.0 Å². The molecule has 1 rings (SSSR count). The van der Waals surface area contributed by atoms with Gasteiger partial charge in [-0.25, -0.2) is 9.97 Å². The Morgan fingerprint density at radius 1 is 1.53 bits per heavy atom. The predicted molar refractivity (Wildman–Crippen MR) is 57.8 cm³/mol. The normalized spacial score (nSPS) is 12.5. The number of hydrogen-bond acceptors (Lipinski definition) is 5. The minimum absolute atomic E-state index is 0.0997. The highest BCUT2D eigenvalue weighted by Crippen LogP contribution is 2.22. The monoisotopic (exact) mass is 231 g/mol. The van der Waals surface area contributed by atoms with E-state index in [1.54, 1.807) is 0 Å². The van der Waals surface area contributed by atoms with E-state index in [9.17, 15) is 5.11 Å². The first-order chi connectivity index (χ1) is 7.19. The van der Waals surface area contributed by atoms with Gasteiger partial charge in [-0.15, -0.1) is 0 Å². The molecule has 0 saturated heterocycles. The van der Waals surface area contributed by atoms with Gasteiger partial charge in [-0.3, -0.25) is 0 Å². The van der Waals surface area contributed by atoms with E-state index in [1.165, 1.54) is 6.33 Å². The molecule has 1 heterocycles. The van der Waals surface area contributed by atoms with Crippen molar-refractivity contribution in [1.82, 2.24) is 9.97 Å². The number of halogens is 1. The Hall–Kier alpha value is -0.910. The number of rotatable bonds is 5. The number of aliphatic hydroxyl groups is 2. The van der Waals surface area contributed by atoms with Crippen molar-refractivity contribution in [2.75, 3.05) is 11.9 Å². The lowest BCUT2D eigenvalue weighted by molar-refractivity contribution is 0.155. The second kappa shape index (κ2) is 5.85. The zero-order valence-electron chi connectivity index (χ0n) is 8.44. The molecule has 0 aliphatic heterocycles. The summed E-state index contributed by atoms with van der Waals surface area (Å²) in [6.07, 6.45) is 1.46. The molecular formula is C9H14ClN3O2. The van der Waals surface area contributed by atoms with E-state index in [-0.39, 0.29) is 13.0 Å². The summed E-state index contributed by atoms with van der Waals surface area (Å²) in [5.41, 5.74) is 0.727. The molecule has 1 aromatic heterocycles. The van der Waals surface area contributed by atoms with Crippen LogP contribution in [-0.2, 0) is 6.42 Å². The Morgan fingerprint density at radius 3 is 2.87 bits per heavy atom. The first-order valence-corrected chi connectivity index (χ1v) is 5.11. The van der Waals surface area contributed by atoms with Crippen molar-refractivity contribution >= 4 is 17.4 Å². The molecular weight excluding hydrogens is 218 g/mol. The minimum atomic E-state index is -0.855. The number of aromatic nitrogens is 2. The highest BCUT2D eigenvalue weighted by molar-refractivity contribution is 6.33. The van der Waals surface area contributed by atoms with E-state index in [2.05, 4.69) is 15.3 Å². The molecule has 0 aliphatic carbocycles. The summed E-state index contributed by atoms with van der Waals surface area (Å²) < 4.78 is 0. The molecule has 0 amide bonds. The van der Waals surface area contributed by atoms with Gasteiger partial charge in [0.1, 0.15) is 23.4 Å². The van der Waals surface area contributed by atoms with Gasteiger partial charge < -0.3 is 15.5 Å². The smallest absolute Gasteiger partial charge is 0.150 e. The van der Waals surface area contributed by atoms with Crippen molar-refractivity contribution < 1.29 is 10.2 Å². The fourth-order valence-electron chi connectivity index (χ4n) is 1.11. The minimum Gasteiger partial charge on any atom is -0.396 e. The Labute approximate surface area is 93.1 Å². The molecule has 0 saturated carbocycles. The SMILES string of the molecule is CCc1ncnc(NC(O)CCO)c1Cl. The average molecular weight is 232 g/mol. The molecule has 1 unspecified atom stereocenters. The van der Waals surface area contributed by atoms with Gasteiger partial charge in [0.15, 0.2) is 0 Å². The largest absolute Gasteiger partial charge is 0.396 e. The van der Waals surface area contributed by atoms with E-state index in [1.807, 2.05) is 6.92 Å². The van der Waals surface area contributed by atoms with Crippen LogP contribution in [0.1, 0.15) is 19.0 Å². The van der Waals surface area contributed by atoms with Gasteiger partial charge >= 0.3 is 0 Å². The third-order valence-electron chi connectivity index (χ3n) is 1.90. The zero-order valence-corrected chi connectivity index (χ0v) is 9.20. The lowest BCUT2D eigenvalue weighted by Crippen LogP contribution is -2.21. The van der Waals surface area contributed by atoms with Crippen LogP contribution in [0.5, 0.6) is 0 Å². The standard InChI is InChI=1S/C9H14ClN3O2/c1-2-6-8(10)9(12-5-11-6)13-7(15)3-4-14/h5,7,14-15H,2-4H2,1H3,(H,11,12,13). The van der Waals surface area contributed by atoms with Crippen molar-refractivity contribution in [2.45, 2.75) is 26.0 Å². The van der Waals surface area contributed by atoms with Gasteiger partial charge in [0.2, 0.25) is 0 Å². The summed E-state index contributed by atoms with van der Waals surface area (Å²) in [4.78, 5) is 7.91. The van der Waals surface area contributed by atoms with Crippen molar-refractivity contribution in [3.63, 3.8) is 0 Å². The second-order valence-electron chi connectivity index (χ2n) is 3.01. The van der Waals surface area contributed by atoms with E-state index in [0.29, 0.717) is 17.3 Å². The van der Waals surface area contributed by atoms with Crippen LogP contribution >= 0.6 is 11.6 Å². The third kappa shape index (κ3) is 3.30. The molecule has 3 N–H and O–H groups in total. The molecule has 0 fully saturated rings. The summed E-state index contributed by atoms with van der Waals surface area (Å²) in [5, 5.41) is 21.1. The first-order valence-electron chi connectivity index (χ1n) is 4.73. The number of hydrogen-bond donors (Lipinski definition) is 3. The summed E-state index contributed by atoms with van der Waals surface area (Å²) in [6, 6.07) is 0. The molecule has 0 aromatic carbocycles. The Balaban J connectivity index is 2.76. The van der Waals surface area contributed by atoms with Crippen LogP contribution in [0.3, 0.4) is 0 Å². The maximum absolute atomic E-state index is 9.40. The topological polar surface area (TPSA) is 78.3 Å². The van der Waals surface area contributed by atoms with Crippen LogP contribution in [0.15, 0.2) is 6.33 Å². The van der Waals surface area contributed by atoms with Gasteiger partial charge in [0, 0.05) is 13.0 Å². The molecule has 0 spiro atoms. The first kappa shape index (κ1) is 12.2. The summed E-state index contributed by atoms with van der Waals surface area (Å²) in [6.45, 7) is 1.83. The number of aryl methyl sites for hydroxylation is 1. The van der Waals surface area contributed by atoms with Crippen LogP contribution in [0.2, 0.25) is 5.02 Å². The van der Waals surface area contributed by atoms with Gasteiger partial charge in [-0.05, 0) is 6.42 Å². The molecule has 0 radical (unpaired) electrons. The highest BCUT2D eigenvalue weighted by atomic mass is 35.5. The van der Waals surface area contributed by atoms with Gasteiger partial charge in [0.05, 0.1) is 5.69 Å². The summed E-state index contributed by atoms with van der Waals surface area (Å²) in [7, 11) is 0. The van der Waals surface area contributed by atoms with E-state index in [4.69, 9.17) is 16.7 Å². The number of aliphatic hydroxyl groups excluding tert-OH is 2. The fraction of sp³-hybridized carbons (Fsp3) is 0.556. The van der Waals surface area contributed by atoms with Crippen molar-refractivity contribution in [3.05, 3.63) is 17.0 Å². The number of anilines is 1. The lowest BCUT2D eigenvalue weighted by atomic mass is 10.3. The average Bonchev–Trinajstić information content (AvgIpc) is 2.21. The van der Waals surface area contributed by atoms with E-state index < -0.39 is 6.23 Å². The van der Waals surface area contributed by atoms with Gasteiger partial charge in [-0.1, -0.05) is 18.5 Å². The maximum atomic E-state index is 9.40. The molecule has 6 heteroatoms. The molecule has 0 aliphatic rings. The van der Waals surface area contributed by atoms with Crippen LogP contribution in [0, 0.1) is 0 Å². The third-order valence-corrected chi connectivity index (χ3v) is 2.30. The second-order valence-corrected chi connectivity index (χ2v) is 3.39. The zero-order chi connectivity index (χ0) is 11.3. The lowest BCUT2D eigenvalue weighted by Gasteiger charge is -2.13. The molecule has 1 atom stereocenters. The molecule has 15 heavy (non-hydrogen) atoms. The van der Waals surface area contributed by atoms with Gasteiger partial charge in [-0.2, -0.15) is 0 Å². The van der Waals surface area contributed by atoms with E-state index >= 15 is 0 Å². The fourth-order valence-corrected chi connectivity index (χ4v) is 1.39. The van der Waals surface area contributed by atoms with E-state index in [0.717, 1.165) is 5.69 Å². The predicted octanol–water partition coefficient (Wildman–Crippen LogP) is 0.805. The molecule has 0 bridgehead atoms. The van der Waals surface area contributed by atoms with Crippen molar-refractivity contribution in [2.24, 2.45) is 0 Å². The molecule has 5 nitrogen and oxygen atoms in total. The Bertz CT molecular complexity index is 322. The highest BCUT2D eigenvalue weighted by Gasteiger charge is 2.10. The molecule has 1 aromatic rings. The van der Waals surface area contributed by atoms with Crippen LogP contribution in [0.4, 0.5) is 5.82 Å². The van der Waals surface area contributed by atoms with Crippen LogP contribution in [0.25, 0.3) is 0 Å². The van der Waals surface area contributed by atoms with Gasteiger partial charge in [0.25, 0.3) is 0 Å². The Kier molecular flexibility index (Phi) is 4.74. The number of nitrogens with zero attached hydrogens (tertiary/aromatic N) is 2. The van der Waals surface area contributed by atoms with Crippen molar-refractivity contribution in [1.29, 1.82) is 0 Å². The Morgan fingerprint density at radius 2 is 2.27 bits per heavy atom.